The minimum atomic E-state index is -0.158. The van der Waals surface area contributed by atoms with Crippen molar-refractivity contribution in [2.45, 2.75) is 51.6 Å². The summed E-state index contributed by atoms with van der Waals surface area (Å²) in [6.45, 7) is 5.80. The fourth-order valence-electron chi connectivity index (χ4n) is 4.43. The Balaban J connectivity index is 1.50. The van der Waals surface area contributed by atoms with Gasteiger partial charge in [0.15, 0.2) is 0 Å². The molecule has 1 saturated heterocycles. The molecule has 1 aliphatic carbocycles. The van der Waals surface area contributed by atoms with Gasteiger partial charge >= 0.3 is 0 Å². The number of fused-ring (bicyclic) bond motifs is 1. The van der Waals surface area contributed by atoms with Gasteiger partial charge in [-0.05, 0) is 39.5 Å². The molecule has 8 nitrogen and oxygen atoms in total. The van der Waals surface area contributed by atoms with Gasteiger partial charge in [0, 0.05) is 69.3 Å². The van der Waals surface area contributed by atoms with Gasteiger partial charge in [0.1, 0.15) is 5.82 Å². The van der Waals surface area contributed by atoms with E-state index in [2.05, 4.69) is 31.5 Å². The Labute approximate surface area is 172 Å². The molecule has 0 bridgehead atoms. The number of rotatable bonds is 4. The highest BCUT2D eigenvalue weighted by Crippen LogP contribution is 2.31. The summed E-state index contributed by atoms with van der Waals surface area (Å²) in [4.78, 5) is 25.3. The fraction of sp³-hybridized carbons (Fsp3) is 0.619. The Morgan fingerprint density at radius 3 is 2.79 bits per heavy atom. The molecule has 0 radical (unpaired) electrons. The van der Waals surface area contributed by atoms with E-state index in [-0.39, 0.29) is 11.7 Å². The number of nitrogens with one attached hydrogen (secondary N) is 1. The number of hydrogen-bond donors (Lipinski definition) is 1. The molecule has 29 heavy (non-hydrogen) atoms. The first-order valence-corrected chi connectivity index (χ1v) is 10.4. The number of amides is 1. The second-order valence-corrected chi connectivity index (χ2v) is 8.53. The molecule has 3 heterocycles. The van der Waals surface area contributed by atoms with Gasteiger partial charge in [0.2, 0.25) is 5.82 Å². The van der Waals surface area contributed by atoms with Gasteiger partial charge in [-0.25, -0.2) is 9.97 Å². The maximum absolute atomic E-state index is 12.4. The smallest absolute Gasteiger partial charge is 0.291 e. The van der Waals surface area contributed by atoms with Crippen LogP contribution >= 0.6 is 0 Å². The van der Waals surface area contributed by atoms with Gasteiger partial charge in [0.25, 0.3) is 5.91 Å². The summed E-state index contributed by atoms with van der Waals surface area (Å²) in [6, 6.07) is 0.769. The Hall–Kier alpha value is -2.48. The fourth-order valence-corrected chi connectivity index (χ4v) is 4.43. The maximum Gasteiger partial charge on any atom is 0.291 e. The van der Waals surface area contributed by atoms with Crippen LogP contribution in [0.25, 0.3) is 0 Å². The Bertz CT molecular complexity index is 920. The van der Waals surface area contributed by atoms with E-state index in [1.807, 2.05) is 25.6 Å². The third-order valence-corrected chi connectivity index (χ3v) is 6.11. The number of anilines is 1. The Morgan fingerprint density at radius 2 is 2.03 bits per heavy atom. The lowest BCUT2D eigenvalue weighted by molar-refractivity contribution is 0.0815. The van der Waals surface area contributed by atoms with E-state index in [1.54, 1.807) is 14.1 Å². The second-order valence-electron chi connectivity index (χ2n) is 8.53. The van der Waals surface area contributed by atoms with E-state index in [1.165, 1.54) is 22.6 Å². The van der Waals surface area contributed by atoms with Gasteiger partial charge in [-0.1, -0.05) is 0 Å². The predicted molar refractivity (Wildman–Crippen MR) is 112 cm³/mol. The molecule has 0 aromatic carbocycles. The van der Waals surface area contributed by atoms with Crippen LogP contribution in [0.3, 0.4) is 0 Å². The predicted octanol–water partition coefficient (Wildman–Crippen LogP) is 1.77. The van der Waals surface area contributed by atoms with Crippen LogP contribution in [-0.2, 0) is 13.5 Å². The van der Waals surface area contributed by atoms with Crippen molar-refractivity contribution in [3.05, 3.63) is 34.5 Å². The van der Waals surface area contributed by atoms with E-state index in [9.17, 15) is 4.79 Å². The van der Waals surface area contributed by atoms with Crippen molar-refractivity contribution in [2.24, 2.45) is 7.05 Å². The summed E-state index contributed by atoms with van der Waals surface area (Å²) in [5.41, 5.74) is 4.50. The highest BCUT2D eigenvalue weighted by atomic mass is 16.2. The van der Waals surface area contributed by atoms with Crippen molar-refractivity contribution in [2.75, 3.05) is 32.1 Å². The Morgan fingerprint density at radius 1 is 1.24 bits per heavy atom. The van der Waals surface area contributed by atoms with E-state index >= 15 is 0 Å². The molecule has 1 aliphatic heterocycles. The zero-order valence-corrected chi connectivity index (χ0v) is 18.1. The largest absolute Gasteiger partial charge is 0.355 e. The molecular weight excluding hydrogens is 366 g/mol. The molecule has 1 fully saturated rings. The lowest BCUT2D eigenvalue weighted by Gasteiger charge is -2.27. The van der Waals surface area contributed by atoms with Crippen LogP contribution in [0.15, 0.2) is 6.20 Å². The van der Waals surface area contributed by atoms with Crippen molar-refractivity contribution < 1.29 is 4.79 Å². The highest BCUT2D eigenvalue weighted by molar-refractivity contribution is 5.90. The first-order chi connectivity index (χ1) is 13.8. The topological polar surface area (TPSA) is 79.2 Å². The molecule has 156 valence electrons. The van der Waals surface area contributed by atoms with Gasteiger partial charge in [-0.3, -0.25) is 9.48 Å². The lowest BCUT2D eigenvalue weighted by atomic mass is 9.92. The number of aromatic nitrogens is 4. The molecule has 2 aromatic rings. The highest BCUT2D eigenvalue weighted by Gasteiger charge is 2.31. The molecule has 8 heteroatoms. The molecule has 4 rings (SSSR count). The van der Waals surface area contributed by atoms with Gasteiger partial charge in [-0.15, -0.1) is 0 Å². The third-order valence-electron chi connectivity index (χ3n) is 6.11. The van der Waals surface area contributed by atoms with Crippen LogP contribution in [0, 0.1) is 13.8 Å². The molecular formula is C21H31N7O. The minimum absolute atomic E-state index is 0.158. The van der Waals surface area contributed by atoms with Crippen LogP contribution < -0.4 is 10.2 Å². The molecule has 1 N–H and O–H groups in total. The maximum atomic E-state index is 12.4. The average molecular weight is 398 g/mol. The zero-order chi connectivity index (χ0) is 20.7. The van der Waals surface area contributed by atoms with Gasteiger partial charge < -0.3 is 15.1 Å². The number of carbonyl (C=O) groups is 1. The zero-order valence-electron chi connectivity index (χ0n) is 18.1. The number of hydrogen-bond acceptors (Lipinski definition) is 6. The summed E-state index contributed by atoms with van der Waals surface area (Å²) in [6.07, 6.45) is 6.63. The van der Waals surface area contributed by atoms with Crippen molar-refractivity contribution in [3.8, 4) is 0 Å². The molecule has 2 aliphatic rings. The summed E-state index contributed by atoms with van der Waals surface area (Å²) in [7, 11) is 5.46. The van der Waals surface area contributed by atoms with E-state index < -0.39 is 0 Å². The van der Waals surface area contributed by atoms with E-state index in [0.717, 1.165) is 49.4 Å². The number of aryl methyl sites for hydroxylation is 3. The molecule has 0 spiro atoms. The van der Waals surface area contributed by atoms with Crippen LogP contribution in [0.2, 0.25) is 0 Å². The number of carbonyl (C=O) groups excluding carboxylic acids is 1. The van der Waals surface area contributed by atoms with Crippen molar-refractivity contribution in [3.63, 3.8) is 0 Å². The summed E-state index contributed by atoms with van der Waals surface area (Å²) < 4.78 is 1.93. The molecule has 2 aromatic heterocycles. The average Bonchev–Trinajstić information content (AvgIpc) is 3.29. The van der Waals surface area contributed by atoms with Crippen LogP contribution in [0.1, 0.15) is 58.4 Å². The Kier molecular flexibility index (Phi) is 5.29. The SMILES string of the molecule is Cc1nc(C(=O)N(C)C)nc(N2CC[C@@H](NC3CCCc4nn(C)cc43)C2)c1C. The summed E-state index contributed by atoms with van der Waals surface area (Å²) in [5.74, 6) is 1.00. The van der Waals surface area contributed by atoms with Crippen molar-refractivity contribution in [1.82, 2.24) is 30.0 Å². The molecule has 0 saturated carbocycles. The van der Waals surface area contributed by atoms with Crippen LogP contribution in [0.5, 0.6) is 0 Å². The van der Waals surface area contributed by atoms with Crippen LogP contribution in [0.4, 0.5) is 5.82 Å². The standard InChI is InChI=1S/C21H31N7O/c1-13-14(2)22-19(21(29)26(3)4)24-20(13)28-10-9-15(11-28)23-17-7-6-8-18-16(17)12-27(5)25-18/h12,15,17,23H,6-11H2,1-5H3/t15-,17?/m1/s1. The molecule has 1 amide bonds. The quantitative estimate of drug-likeness (QED) is 0.847. The first-order valence-electron chi connectivity index (χ1n) is 10.4. The first kappa shape index (κ1) is 19.8. The van der Waals surface area contributed by atoms with E-state index in [4.69, 9.17) is 0 Å². The lowest BCUT2D eigenvalue weighted by Crippen LogP contribution is -2.37. The van der Waals surface area contributed by atoms with E-state index in [0.29, 0.717) is 12.1 Å². The normalized spacial score (nSPS) is 21.3. The van der Waals surface area contributed by atoms with Crippen LogP contribution in [-0.4, -0.2) is 63.8 Å². The second kappa shape index (κ2) is 7.74. The van der Waals surface area contributed by atoms with Crippen molar-refractivity contribution in [1.29, 1.82) is 0 Å². The van der Waals surface area contributed by atoms with Crippen molar-refractivity contribution >= 4 is 11.7 Å². The third kappa shape index (κ3) is 3.85. The van der Waals surface area contributed by atoms with Gasteiger partial charge in [-0.2, -0.15) is 5.10 Å². The summed E-state index contributed by atoms with van der Waals surface area (Å²) in [5, 5.41) is 8.48. The molecule has 2 atom stereocenters. The summed E-state index contributed by atoms with van der Waals surface area (Å²) >= 11 is 0. The minimum Gasteiger partial charge on any atom is -0.355 e. The molecule has 1 unspecified atom stereocenters. The monoisotopic (exact) mass is 397 g/mol. The number of nitrogens with zero attached hydrogens (tertiary/aromatic N) is 6. The van der Waals surface area contributed by atoms with Gasteiger partial charge in [0.05, 0.1) is 5.69 Å².